The van der Waals surface area contributed by atoms with E-state index in [2.05, 4.69) is 10.3 Å². The smallest absolute Gasteiger partial charge is 0.289 e. The van der Waals surface area contributed by atoms with Crippen molar-refractivity contribution in [2.45, 2.75) is 25.2 Å². The van der Waals surface area contributed by atoms with Gasteiger partial charge in [0.1, 0.15) is 17.0 Å². The maximum absolute atomic E-state index is 12.9. The first-order chi connectivity index (χ1) is 17.1. The number of carbonyl (C=O) groups excluding carboxylic acids is 2. The van der Waals surface area contributed by atoms with Gasteiger partial charge in [0.25, 0.3) is 11.8 Å². The number of amides is 2. The van der Waals surface area contributed by atoms with Crippen LogP contribution in [0.3, 0.4) is 0 Å². The van der Waals surface area contributed by atoms with Crippen LogP contribution in [0.15, 0.2) is 64.4 Å². The molecule has 0 aliphatic carbocycles. The summed E-state index contributed by atoms with van der Waals surface area (Å²) in [6.07, 6.45) is 2.35. The van der Waals surface area contributed by atoms with Gasteiger partial charge in [-0.05, 0) is 49.1 Å². The van der Waals surface area contributed by atoms with Gasteiger partial charge in [0, 0.05) is 36.3 Å². The lowest BCUT2D eigenvalue weighted by molar-refractivity contribution is 0.0683. The average molecular weight is 490 g/mol. The number of fused-ring (bicyclic) bond motifs is 1. The Morgan fingerprint density at radius 1 is 1.14 bits per heavy atom. The molecule has 8 heteroatoms. The third kappa shape index (κ3) is 5.22. The fraction of sp³-hybridized carbons (Fsp3) is 0.296. The van der Waals surface area contributed by atoms with Crippen molar-refractivity contribution in [2.75, 3.05) is 26.7 Å². The number of piperidine rings is 1. The van der Waals surface area contributed by atoms with Crippen LogP contribution in [0.4, 0.5) is 0 Å². The highest BCUT2D eigenvalue weighted by atomic mass is 32.1. The van der Waals surface area contributed by atoms with E-state index in [9.17, 15) is 9.59 Å². The van der Waals surface area contributed by atoms with E-state index < -0.39 is 0 Å². The normalized spacial score (nSPS) is 14.3. The van der Waals surface area contributed by atoms with Gasteiger partial charge in [0.15, 0.2) is 5.76 Å². The van der Waals surface area contributed by atoms with Gasteiger partial charge in [-0.3, -0.25) is 9.59 Å². The molecule has 3 heterocycles. The number of aromatic nitrogens is 1. The Morgan fingerprint density at radius 3 is 2.77 bits per heavy atom. The lowest BCUT2D eigenvalue weighted by atomic mass is 9.97. The Hall–Kier alpha value is -3.65. The van der Waals surface area contributed by atoms with E-state index in [1.54, 1.807) is 7.11 Å². The predicted molar refractivity (Wildman–Crippen MR) is 135 cm³/mol. The van der Waals surface area contributed by atoms with Gasteiger partial charge in [-0.15, -0.1) is 11.3 Å². The van der Waals surface area contributed by atoms with Crippen molar-refractivity contribution in [1.82, 2.24) is 15.2 Å². The highest BCUT2D eigenvalue weighted by Gasteiger charge is 2.28. The van der Waals surface area contributed by atoms with Crippen molar-refractivity contribution in [1.29, 1.82) is 0 Å². The molecule has 0 radical (unpaired) electrons. The van der Waals surface area contributed by atoms with Crippen molar-refractivity contribution < 1.29 is 18.7 Å². The van der Waals surface area contributed by atoms with Crippen molar-refractivity contribution in [3.63, 3.8) is 0 Å². The van der Waals surface area contributed by atoms with Crippen molar-refractivity contribution in [2.24, 2.45) is 0 Å². The fourth-order valence-electron chi connectivity index (χ4n) is 4.39. The molecule has 0 atom stereocenters. The van der Waals surface area contributed by atoms with Gasteiger partial charge >= 0.3 is 0 Å². The molecule has 1 saturated heterocycles. The van der Waals surface area contributed by atoms with E-state index >= 15 is 0 Å². The van der Waals surface area contributed by atoms with E-state index in [-0.39, 0.29) is 17.7 Å². The molecule has 35 heavy (non-hydrogen) atoms. The quantitative estimate of drug-likeness (QED) is 0.400. The fourth-order valence-corrected chi connectivity index (χ4v) is 5.36. The number of thiazole rings is 1. The summed E-state index contributed by atoms with van der Waals surface area (Å²) in [6, 6.07) is 17.3. The largest absolute Gasteiger partial charge is 0.497 e. The van der Waals surface area contributed by atoms with Gasteiger partial charge in [-0.25, -0.2) is 4.98 Å². The summed E-state index contributed by atoms with van der Waals surface area (Å²) in [5.41, 5.74) is 2.28. The molecule has 0 spiro atoms. The summed E-state index contributed by atoms with van der Waals surface area (Å²) in [6.45, 7) is 1.81. The van der Waals surface area contributed by atoms with Crippen LogP contribution in [0.25, 0.3) is 11.0 Å². The number of ether oxygens (including phenoxy) is 1. The molecule has 1 fully saturated rings. The van der Waals surface area contributed by atoms with Crippen LogP contribution in [0.2, 0.25) is 0 Å². The third-order valence-corrected chi connectivity index (χ3v) is 7.36. The van der Waals surface area contributed by atoms with Crippen molar-refractivity contribution >= 4 is 34.1 Å². The second-order valence-corrected chi connectivity index (χ2v) is 9.53. The third-order valence-electron chi connectivity index (χ3n) is 6.36. The standard InChI is InChI=1S/C27H27N3O4S/c1-33-21-7-4-5-18(15-21)9-12-28-25(31)22-17-35-26(29-22)19-10-13-30(14-11-19)27(32)24-16-20-6-2-3-8-23(20)34-24/h2-8,15-17,19H,9-14H2,1H3,(H,28,31). The first-order valence-electron chi connectivity index (χ1n) is 11.7. The molecule has 180 valence electrons. The number of hydrogen-bond acceptors (Lipinski definition) is 6. The van der Waals surface area contributed by atoms with E-state index in [0.29, 0.717) is 31.1 Å². The summed E-state index contributed by atoms with van der Waals surface area (Å²) in [5.74, 6) is 1.20. The van der Waals surface area contributed by atoms with Gasteiger partial charge in [-0.2, -0.15) is 0 Å². The predicted octanol–water partition coefficient (Wildman–Crippen LogP) is 4.89. The van der Waals surface area contributed by atoms with Crippen LogP contribution in [0, 0.1) is 0 Å². The molecule has 2 aromatic carbocycles. The first kappa shape index (κ1) is 23.1. The zero-order valence-electron chi connectivity index (χ0n) is 19.5. The van der Waals surface area contributed by atoms with Crippen molar-refractivity contribution in [3.05, 3.63) is 82.0 Å². The molecular formula is C27H27N3O4S. The van der Waals surface area contributed by atoms with Gasteiger partial charge < -0.3 is 19.4 Å². The maximum atomic E-state index is 12.9. The Balaban J connectivity index is 1.12. The number of nitrogens with zero attached hydrogens (tertiary/aromatic N) is 2. The lowest BCUT2D eigenvalue weighted by Gasteiger charge is -2.30. The minimum absolute atomic E-state index is 0.0742. The van der Waals surface area contributed by atoms with Gasteiger partial charge in [0.05, 0.1) is 12.1 Å². The molecule has 1 N–H and O–H groups in total. The second-order valence-electron chi connectivity index (χ2n) is 8.64. The molecule has 7 nitrogen and oxygen atoms in total. The monoisotopic (exact) mass is 489 g/mol. The maximum Gasteiger partial charge on any atom is 0.289 e. The van der Waals surface area contributed by atoms with Crippen LogP contribution < -0.4 is 10.1 Å². The number of nitrogens with one attached hydrogen (secondary N) is 1. The zero-order valence-corrected chi connectivity index (χ0v) is 20.3. The molecule has 2 aromatic heterocycles. The van der Waals surface area contributed by atoms with Crippen LogP contribution in [0.1, 0.15) is 50.4 Å². The van der Waals surface area contributed by atoms with Gasteiger partial charge in [-0.1, -0.05) is 30.3 Å². The summed E-state index contributed by atoms with van der Waals surface area (Å²) >= 11 is 1.52. The molecule has 4 aromatic rings. The number of likely N-dealkylation sites (tertiary alicyclic amines) is 1. The number of methoxy groups -OCH3 is 1. The van der Waals surface area contributed by atoms with E-state index in [1.807, 2.05) is 64.9 Å². The number of carbonyl (C=O) groups is 2. The molecule has 0 saturated carbocycles. The van der Waals surface area contributed by atoms with Crippen molar-refractivity contribution in [3.8, 4) is 5.75 Å². The average Bonchev–Trinajstić information content (AvgIpc) is 3.56. The Morgan fingerprint density at radius 2 is 1.97 bits per heavy atom. The second kappa shape index (κ2) is 10.3. The SMILES string of the molecule is COc1cccc(CCNC(=O)c2csc(C3CCN(C(=O)c4cc5ccccc5o4)CC3)n2)c1. The van der Waals surface area contributed by atoms with Gasteiger partial charge in [0.2, 0.25) is 0 Å². The van der Waals surface area contributed by atoms with Crippen LogP contribution in [-0.2, 0) is 6.42 Å². The summed E-state index contributed by atoms with van der Waals surface area (Å²) in [7, 11) is 1.64. The molecule has 1 aliphatic heterocycles. The first-order valence-corrected chi connectivity index (χ1v) is 12.6. The van der Waals surface area contributed by atoms with E-state index in [4.69, 9.17) is 9.15 Å². The minimum atomic E-state index is -0.159. The number of furan rings is 1. The number of para-hydroxylation sites is 1. The van der Waals surface area contributed by atoms with Crippen LogP contribution >= 0.6 is 11.3 Å². The molecular weight excluding hydrogens is 462 g/mol. The molecule has 2 amide bonds. The topological polar surface area (TPSA) is 84.7 Å². The highest BCUT2D eigenvalue weighted by molar-refractivity contribution is 7.09. The van der Waals surface area contributed by atoms with E-state index in [0.717, 1.165) is 46.6 Å². The lowest BCUT2D eigenvalue weighted by Crippen LogP contribution is -2.37. The van der Waals surface area contributed by atoms with Crippen LogP contribution in [-0.4, -0.2) is 48.4 Å². The zero-order chi connectivity index (χ0) is 24.2. The summed E-state index contributed by atoms with van der Waals surface area (Å²) in [4.78, 5) is 31.9. The van der Waals surface area contributed by atoms with Crippen LogP contribution in [0.5, 0.6) is 5.75 Å². The molecule has 0 unspecified atom stereocenters. The highest BCUT2D eigenvalue weighted by Crippen LogP contribution is 2.31. The minimum Gasteiger partial charge on any atom is -0.497 e. The number of hydrogen-bond donors (Lipinski definition) is 1. The molecule has 0 bridgehead atoms. The number of rotatable bonds is 7. The summed E-state index contributed by atoms with van der Waals surface area (Å²) < 4.78 is 11.0. The summed E-state index contributed by atoms with van der Waals surface area (Å²) in [5, 5.41) is 6.67. The molecule has 5 rings (SSSR count). The van der Waals surface area contributed by atoms with E-state index in [1.165, 1.54) is 11.3 Å². The Labute approximate surface area is 207 Å². The molecule has 1 aliphatic rings. The Bertz CT molecular complexity index is 1300. The number of benzene rings is 2. The Kier molecular flexibility index (Phi) is 6.81.